The number of anilines is 1. The zero-order valence-corrected chi connectivity index (χ0v) is 17.4. The molecule has 164 valence electrons. The summed E-state index contributed by atoms with van der Waals surface area (Å²) in [5, 5.41) is 14.3. The number of nitrogens with zero attached hydrogens (tertiary/aromatic N) is 3. The largest absolute Gasteiger partial charge is 0.416 e. The lowest BCUT2D eigenvalue weighted by Crippen LogP contribution is -2.28. The topological polar surface area (TPSA) is 63.0 Å². The molecule has 1 aromatic carbocycles. The van der Waals surface area contributed by atoms with Crippen LogP contribution in [0.4, 0.5) is 18.9 Å². The highest BCUT2D eigenvalue weighted by Gasteiger charge is 2.36. The molecule has 1 unspecified atom stereocenters. The molecule has 0 saturated heterocycles. The zero-order valence-electron chi connectivity index (χ0n) is 17.4. The van der Waals surface area contributed by atoms with Crippen LogP contribution >= 0.6 is 0 Å². The van der Waals surface area contributed by atoms with Gasteiger partial charge in [0, 0.05) is 19.8 Å². The van der Waals surface area contributed by atoms with Crippen LogP contribution in [0.15, 0.2) is 61.4 Å². The first-order chi connectivity index (χ1) is 14.7. The van der Waals surface area contributed by atoms with Crippen LogP contribution in [0.3, 0.4) is 0 Å². The Balaban J connectivity index is 2.06. The van der Waals surface area contributed by atoms with Gasteiger partial charge in [0.15, 0.2) is 0 Å². The van der Waals surface area contributed by atoms with Crippen LogP contribution in [0.5, 0.6) is 0 Å². The Kier molecular flexibility index (Phi) is 6.50. The van der Waals surface area contributed by atoms with Crippen molar-refractivity contribution in [1.29, 1.82) is 0 Å². The fourth-order valence-corrected chi connectivity index (χ4v) is 3.32. The summed E-state index contributed by atoms with van der Waals surface area (Å²) in [7, 11) is 1.79. The second kappa shape index (κ2) is 8.93. The molecule has 0 saturated carbocycles. The lowest BCUT2D eigenvalue weighted by Gasteiger charge is -2.25. The summed E-state index contributed by atoms with van der Waals surface area (Å²) >= 11 is 0. The Bertz CT molecular complexity index is 1040. The number of halogens is 3. The van der Waals surface area contributed by atoms with Gasteiger partial charge in [-0.05, 0) is 49.6 Å². The number of unbranched alkanes of at least 4 members (excludes halogenated alkanes) is 1. The smallest absolute Gasteiger partial charge is 0.387 e. The number of allylic oxidation sites excluding steroid dienone is 1. The van der Waals surface area contributed by atoms with Gasteiger partial charge in [0.1, 0.15) is 17.1 Å². The van der Waals surface area contributed by atoms with E-state index in [1.807, 2.05) is 6.07 Å². The molecule has 3 aromatic rings. The number of imidazole rings is 1. The fourth-order valence-electron chi connectivity index (χ4n) is 3.32. The molecule has 0 aliphatic heterocycles. The van der Waals surface area contributed by atoms with Crippen LogP contribution in [-0.2, 0) is 18.3 Å². The molecule has 0 aliphatic carbocycles. The molecular formula is C23H25F3N4O. The Hall–Kier alpha value is -3.13. The van der Waals surface area contributed by atoms with Gasteiger partial charge in [-0.1, -0.05) is 18.2 Å². The summed E-state index contributed by atoms with van der Waals surface area (Å²) in [4.78, 5) is 8.96. The van der Waals surface area contributed by atoms with Gasteiger partial charge < -0.3 is 15.0 Å². The van der Waals surface area contributed by atoms with E-state index in [2.05, 4.69) is 21.9 Å². The maximum absolute atomic E-state index is 13.2. The maximum atomic E-state index is 13.2. The number of benzene rings is 1. The Morgan fingerprint density at radius 3 is 2.52 bits per heavy atom. The van der Waals surface area contributed by atoms with Crippen LogP contribution in [0.2, 0.25) is 0 Å². The maximum Gasteiger partial charge on any atom is 0.416 e. The third-order valence-electron chi connectivity index (χ3n) is 5.09. The minimum atomic E-state index is -4.50. The first-order valence-corrected chi connectivity index (χ1v) is 9.89. The van der Waals surface area contributed by atoms with E-state index in [4.69, 9.17) is 0 Å². The van der Waals surface area contributed by atoms with Crippen molar-refractivity contribution in [2.75, 3.05) is 12.4 Å². The van der Waals surface area contributed by atoms with Crippen LogP contribution in [-0.4, -0.2) is 26.7 Å². The zero-order chi connectivity index (χ0) is 22.6. The summed E-state index contributed by atoms with van der Waals surface area (Å²) in [5.41, 5.74) is -0.475. The highest BCUT2D eigenvalue weighted by Crippen LogP contribution is 2.35. The quantitative estimate of drug-likeness (QED) is 0.380. The number of pyridine rings is 1. The Morgan fingerprint density at radius 1 is 1.16 bits per heavy atom. The van der Waals surface area contributed by atoms with E-state index in [-0.39, 0.29) is 11.4 Å². The summed E-state index contributed by atoms with van der Waals surface area (Å²) in [6.07, 6.45) is 2.22. The molecule has 0 spiro atoms. The molecule has 31 heavy (non-hydrogen) atoms. The minimum Gasteiger partial charge on any atom is -0.387 e. The third-order valence-corrected chi connectivity index (χ3v) is 5.09. The first kappa shape index (κ1) is 22.6. The molecule has 2 N–H and O–H groups in total. The van der Waals surface area contributed by atoms with E-state index < -0.39 is 17.3 Å². The lowest BCUT2D eigenvalue weighted by atomic mass is 9.93. The van der Waals surface area contributed by atoms with Gasteiger partial charge in [-0.2, -0.15) is 13.2 Å². The molecule has 0 aliphatic rings. The number of nitrogens with one attached hydrogen (secondary N) is 1. The first-order valence-electron chi connectivity index (χ1n) is 9.89. The van der Waals surface area contributed by atoms with Crippen molar-refractivity contribution >= 4 is 5.69 Å². The van der Waals surface area contributed by atoms with Crippen LogP contribution in [0.25, 0.3) is 11.4 Å². The van der Waals surface area contributed by atoms with Gasteiger partial charge in [-0.25, -0.2) is 4.98 Å². The monoisotopic (exact) mass is 430 g/mol. The van der Waals surface area contributed by atoms with Crippen molar-refractivity contribution in [2.24, 2.45) is 0 Å². The van der Waals surface area contributed by atoms with Crippen LogP contribution < -0.4 is 5.32 Å². The number of aryl methyl sites for hydroxylation is 1. The van der Waals surface area contributed by atoms with Crippen LogP contribution in [0, 0.1) is 0 Å². The van der Waals surface area contributed by atoms with E-state index in [1.54, 1.807) is 36.2 Å². The minimum absolute atomic E-state index is 0.114. The van der Waals surface area contributed by atoms with Gasteiger partial charge in [-0.3, -0.25) is 4.98 Å². The number of hydrogen-bond donors (Lipinski definition) is 2. The van der Waals surface area contributed by atoms with Crippen molar-refractivity contribution in [2.45, 2.75) is 38.1 Å². The molecule has 2 aromatic heterocycles. The molecule has 0 amide bonds. The molecular weight excluding hydrogens is 405 g/mol. The van der Waals surface area contributed by atoms with Gasteiger partial charge in [0.05, 0.1) is 23.1 Å². The number of hydrogen-bond acceptors (Lipinski definition) is 4. The molecule has 3 rings (SSSR count). The van der Waals surface area contributed by atoms with Crippen molar-refractivity contribution < 1.29 is 18.3 Å². The van der Waals surface area contributed by atoms with Gasteiger partial charge >= 0.3 is 6.18 Å². The van der Waals surface area contributed by atoms with Crippen molar-refractivity contribution in [3.05, 3.63) is 78.4 Å². The fraction of sp³-hybridized carbons (Fsp3) is 0.304. The van der Waals surface area contributed by atoms with Gasteiger partial charge in [0.25, 0.3) is 0 Å². The Labute approximate surface area is 179 Å². The molecule has 0 bridgehead atoms. The standard InChI is InChI=1S/C23H25F3N4O/c1-4-5-6-12-30-15-20(19-11-10-18(27-3)14-28-19)29-21(30)22(2,31)16-8-7-9-17(13-16)23(24,25)26/h4,7-11,13-15,27,31H,1,5-6,12H2,2-3H3. The predicted octanol–water partition coefficient (Wildman–Crippen LogP) is 5.23. The second-order valence-corrected chi connectivity index (χ2v) is 7.41. The Morgan fingerprint density at radius 2 is 1.90 bits per heavy atom. The normalized spacial score (nSPS) is 13.6. The average molecular weight is 430 g/mol. The van der Waals surface area contributed by atoms with Gasteiger partial charge in [0.2, 0.25) is 0 Å². The number of alkyl halides is 3. The highest BCUT2D eigenvalue weighted by atomic mass is 19.4. The van der Waals surface area contributed by atoms with Crippen molar-refractivity contribution in [3.63, 3.8) is 0 Å². The third kappa shape index (κ3) is 4.96. The number of aromatic nitrogens is 3. The lowest BCUT2D eigenvalue weighted by molar-refractivity contribution is -0.137. The van der Waals surface area contributed by atoms with Crippen molar-refractivity contribution in [3.8, 4) is 11.4 Å². The van der Waals surface area contributed by atoms with Crippen molar-refractivity contribution in [1.82, 2.24) is 14.5 Å². The van der Waals surface area contributed by atoms with E-state index >= 15 is 0 Å². The summed E-state index contributed by atoms with van der Waals surface area (Å²) in [5.74, 6) is 0.255. The predicted molar refractivity (Wildman–Crippen MR) is 115 cm³/mol. The second-order valence-electron chi connectivity index (χ2n) is 7.41. The molecule has 8 heteroatoms. The summed E-state index contributed by atoms with van der Waals surface area (Å²) in [6, 6.07) is 8.35. The van der Waals surface area contributed by atoms with E-state index in [0.717, 1.165) is 30.7 Å². The van der Waals surface area contributed by atoms with E-state index in [9.17, 15) is 18.3 Å². The highest BCUT2D eigenvalue weighted by molar-refractivity contribution is 5.57. The molecule has 1 atom stereocenters. The molecule has 5 nitrogen and oxygen atoms in total. The van der Waals surface area contributed by atoms with E-state index in [0.29, 0.717) is 17.9 Å². The SMILES string of the molecule is C=CCCCn1cc(-c2ccc(NC)cn2)nc1C(C)(O)c1cccc(C(F)(F)F)c1. The van der Waals surface area contributed by atoms with Gasteiger partial charge in [-0.15, -0.1) is 6.58 Å². The average Bonchev–Trinajstić information content (AvgIpc) is 3.18. The molecule has 2 heterocycles. The van der Waals surface area contributed by atoms with Crippen LogP contribution in [0.1, 0.15) is 36.7 Å². The number of rotatable bonds is 8. The molecule has 0 radical (unpaired) electrons. The summed E-state index contributed by atoms with van der Waals surface area (Å²) in [6.45, 7) is 5.70. The molecule has 0 fully saturated rings. The number of aliphatic hydroxyl groups is 1. The van der Waals surface area contributed by atoms with E-state index in [1.165, 1.54) is 19.1 Å². The summed E-state index contributed by atoms with van der Waals surface area (Å²) < 4.78 is 41.4.